The summed E-state index contributed by atoms with van der Waals surface area (Å²) in [5.41, 5.74) is 4.20. The van der Waals surface area contributed by atoms with E-state index in [1.165, 1.54) is 0 Å². The average Bonchev–Trinajstić information content (AvgIpc) is 2.86. The van der Waals surface area contributed by atoms with Crippen molar-refractivity contribution < 1.29 is 14.4 Å². The summed E-state index contributed by atoms with van der Waals surface area (Å²) < 4.78 is 0. The van der Waals surface area contributed by atoms with Crippen molar-refractivity contribution >= 4 is 34.8 Å². The predicted molar refractivity (Wildman–Crippen MR) is 140 cm³/mol. The van der Waals surface area contributed by atoms with Gasteiger partial charge in [0.15, 0.2) is 0 Å². The van der Waals surface area contributed by atoms with Gasteiger partial charge in [0.2, 0.25) is 17.7 Å². The van der Waals surface area contributed by atoms with Crippen LogP contribution in [0.4, 0.5) is 17.1 Å². The minimum absolute atomic E-state index is 0.0593. The second kappa shape index (κ2) is 12.9. The molecule has 3 amide bonds. The number of carbonyl (C=O) groups excluding carboxylic acids is 3. The first-order chi connectivity index (χ1) is 16.9. The highest BCUT2D eigenvalue weighted by atomic mass is 16.2. The van der Waals surface area contributed by atoms with Crippen LogP contribution in [0.15, 0.2) is 78.9 Å². The van der Waals surface area contributed by atoms with Crippen LogP contribution >= 0.6 is 0 Å². The zero-order valence-corrected chi connectivity index (χ0v) is 20.2. The van der Waals surface area contributed by atoms with E-state index in [9.17, 15) is 14.4 Å². The lowest BCUT2D eigenvalue weighted by molar-refractivity contribution is -0.128. The third-order valence-corrected chi connectivity index (χ3v) is 5.42. The maximum Gasteiger partial charge on any atom is 0.243 e. The van der Waals surface area contributed by atoms with Crippen LogP contribution in [0.25, 0.3) is 0 Å². The van der Waals surface area contributed by atoms with Crippen LogP contribution in [0, 0.1) is 0 Å². The van der Waals surface area contributed by atoms with E-state index < -0.39 is 0 Å². The zero-order valence-electron chi connectivity index (χ0n) is 20.2. The Morgan fingerprint density at radius 3 is 2.00 bits per heavy atom. The zero-order chi connectivity index (χ0) is 25.0. The Hall–Kier alpha value is -4.13. The van der Waals surface area contributed by atoms with Crippen LogP contribution in [0.3, 0.4) is 0 Å². The molecule has 0 aromatic heterocycles. The lowest BCUT2D eigenvalue weighted by Gasteiger charge is -2.12. The molecule has 0 radical (unpaired) electrons. The Bertz CT molecular complexity index is 1150. The van der Waals surface area contributed by atoms with Gasteiger partial charge in [-0.05, 0) is 54.3 Å². The molecule has 3 rings (SSSR count). The number of carbonyl (C=O) groups is 3. The summed E-state index contributed by atoms with van der Waals surface area (Å²) in [4.78, 5) is 38.1. The molecule has 0 aliphatic heterocycles. The quantitative estimate of drug-likeness (QED) is 0.387. The molecule has 35 heavy (non-hydrogen) atoms. The monoisotopic (exact) mass is 472 g/mol. The second-order valence-electron chi connectivity index (χ2n) is 8.50. The largest absolute Gasteiger partial charge is 0.376 e. The number of amides is 3. The molecular weight excluding hydrogens is 440 g/mol. The third kappa shape index (κ3) is 8.97. The fraction of sp³-hybridized carbons (Fsp3) is 0.250. The lowest BCUT2D eigenvalue weighted by Crippen LogP contribution is -2.22. The molecule has 182 valence electrons. The summed E-state index contributed by atoms with van der Waals surface area (Å²) in [5.74, 6) is -0.182. The van der Waals surface area contributed by atoms with E-state index in [4.69, 9.17) is 0 Å². The average molecular weight is 473 g/mol. The summed E-state index contributed by atoms with van der Waals surface area (Å²) in [6.45, 7) is 0.0781. The number of anilines is 3. The van der Waals surface area contributed by atoms with Crippen molar-refractivity contribution in [3.05, 3.63) is 90.0 Å². The molecule has 0 saturated heterocycles. The van der Waals surface area contributed by atoms with Crippen LogP contribution in [-0.2, 0) is 27.2 Å². The van der Waals surface area contributed by atoms with Gasteiger partial charge in [-0.15, -0.1) is 0 Å². The minimum Gasteiger partial charge on any atom is -0.376 e. The molecular formula is C28H32N4O3. The second-order valence-corrected chi connectivity index (χ2v) is 8.50. The molecule has 0 spiro atoms. The number of aryl methyl sites for hydroxylation is 2. The Morgan fingerprint density at radius 1 is 0.657 bits per heavy atom. The van der Waals surface area contributed by atoms with Gasteiger partial charge in [-0.3, -0.25) is 14.4 Å². The van der Waals surface area contributed by atoms with Gasteiger partial charge < -0.3 is 20.9 Å². The van der Waals surface area contributed by atoms with Crippen molar-refractivity contribution in [1.29, 1.82) is 0 Å². The van der Waals surface area contributed by atoms with E-state index >= 15 is 0 Å². The third-order valence-electron chi connectivity index (χ3n) is 5.42. The topological polar surface area (TPSA) is 90.5 Å². The minimum atomic E-state index is -0.191. The van der Waals surface area contributed by atoms with Crippen LogP contribution < -0.4 is 16.0 Å². The molecule has 7 nitrogen and oxygen atoms in total. The Kier molecular flexibility index (Phi) is 9.42. The first-order valence-electron chi connectivity index (χ1n) is 11.7. The number of hydrogen-bond acceptors (Lipinski definition) is 4. The highest BCUT2D eigenvalue weighted by Crippen LogP contribution is 2.16. The Labute approximate surface area is 206 Å². The fourth-order valence-electron chi connectivity index (χ4n) is 3.50. The number of benzene rings is 3. The standard InChI is InChI=1S/C28H32N4O3/c1-32(2)28(35)17-15-22-10-6-12-24(18-22)31-27(34)20-29-23-11-7-13-25(19-23)30-26(33)16-14-21-8-4-3-5-9-21/h3-13,18-19,29H,14-17,20H2,1-2H3,(H,30,33)(H,31,34). The van der Waals surface area contributed by atoms with Crippen molar-refractivity contribution in [3.63, 3.8) is 0 Å². The maximum absolute atomic E-state index is 12.4. The summed E-state index contributed by atoms with van der Waals surface area (Å²) in [5, 5.41) is 8.87. The van der Waals surface area contributed by atoms with E-state index in [1.807, 2.05) is 72.8 Å². The summed E-state index contributed by atoms with van der Waals surface area (Å²) in [7, 11) is 3.48. The maximum atomic E-state index is 12.4. The SMILES string of the molecule is CN(C)C(=O)CCc1cccc(NC(=O)CNc2cccc(NC(=O)CCc3ccccc3)c2)c1. The molecule has 0 atom stereocenters. The number of rotatable bonds is 11. The molecule has 0 aliphatic carbocycles. The van der Waals surface area contributed by atoms with Gasteiger partial charge in [-0.2, -0.15) is 0 Å². The van der Waals surface area contributed by atoms with Crippen LogP contribution in [0.2, 0.25) is 0 Å². The van der Waals surface area contributed by atoms with Crippen molar-refractivity contribution in [1.82, 2.24) is 4.90 Å². The smallest absolute Gasteiger partial charge is 0.243 e. The molecule has 3 aromatic carbocycles. The summed E-state index contributed by atoms with van der Waals surface area (Å²) in [6, 6.07) is 24.7. The van der Waals surface area contributed by atoms with Gasteiger partial charge in [0.25, 0.3) is 0 Å². The van der Waals surface area contributed by atoms with Crippen molar-refractivity contribution in [2.75, 3.05) is 36.6 Å². The number of hydrogen-bond donors (Lipinski definition) is 3. The molecule has 0 unspecified atom stereocenters. The van der Waals surface area contributed by atoms with E-state index in [-0.39, 0.29) is 24.3 Å². The number of nitrogens with one attached hydrogen (secondary N) is 3. The molecule has 7 heteroatoms. The van der Waals surface area contributed by atoms with Crippen LogP contribution in [0.5, 0.6) is 0 Å². The van der Waals surface area contributed by atoms with Crippen molar-refractivity contribution in [2.24, 2.45) is 0 Å². The van der Waals surface area contributed by atoms with Gasteiger partial charge >= 0.3 is 0 Å². The molecule has 0 aliphatic rings. The van der Waals surface area contributed by atoms with Gasteiger partial charge in [0.05, 0.1) is 6.54 Å². The van der Waals surface area contributed by atoms with Crippen LogP contribution in [-0.4, -0.2) is 43.3 Å². The van der Waals surface area contributed by atoms with E-state index in [0.29, 0.717) is 37.1 Å². The first-order valence-corrected chi connectivity index (χ1v) is 11.7. The first kappa shape index (κ1) is 25.5. The normalized spacial score (nSPS) is 10.3. The van der Waals surface area contributed by atoms with E-state index in [0.717, 1.165) is 16.8 Å². The molecule has 3 N–H and O–H groups in total. The van der Waals surface area contributed by atoms with Gasteiger partial charge in [0, 0.05) is 44.0 Å². The highest BCUT2D eigenvalue weighted by molar-refractivity contribution is 5.94. The molecule has 0 saturated carbocycles. The Balaban J connectivity index is 1.45. The van der Waals surface area contributed by atoms with E-state index in [1.54, 1.807) is 25.1 Å². The number of nitrogens with zero attached hydrogens (tertiary/aromatic N) is 1. The Morgan fingerprint density at radius 2 is 1.26 bits per heavy atom. The van der Waals surface area contributed by atoms with Crippen molar-refractivity contribution in [2.45, 2.75) is 25.7 Å². The van der Waals surface area contributed by atoms with Gasteiger partial charge in [-0.25, -0.2) is 0 Å². The molecule has 0 bridgehead atoms. The van der Waals surface area contributed by atoms with Crippen LogP contribution in [0.1, 0.15) is 24.0 Å². The van der Waals surface area contributed by atoms with Gasteiger partial charge in [0.1, 0.15) is 0 Å². The molecule has 3 aromatic rings. The van der Waals surface area contributed by atoms with Crippen molar-refractivity contribution in [3.8, 4) is 0 Å². The highest BCUT2D eigenvalue weighted by Gasteiger charge is 2.08. The van der Waals surface area contributed by atoms with E-state index in [2.05, 4.69) is 16.0 Å². The van der Waals surface area contributed by atoms with Gasteiger partial charge in [-0.1, -0.05) is 48.5 Å². The molecule has 0 fully saturated rings. The lowest BCUT2D eigenvalue weighted by atomic mass is 10.1. The fourth-order valence-corrected chi connectivity index (χ4v) is 3.50. The predicted octanol–water partition coefficient (Wildman–Crippen LogP) is 4.33. The molecule has 0 heterocycles. The summed E-state index contributed by atoms with van der Waals surface area (Å²) >= 11 is 0. The summed E-state index contributed by atoms with van der Waals surface area (Å²) in [6.07, 6.45) is 2.11.